The Labute approximate surface area is 144 Å². The predicted molar refractivity (Wildman–Crippen MR) is 94.3 cm³/mol. The molecule has 3 aromatic rings. The highest BCUT2D eigenvalue weighted by Crippen LogP contribution is 2.12. The second kappa shape index (κ2) is 7.81. The van der Waals surface area contributed by atoms with Crippen LogP contribution in [0.4, 0.5) is 0 Å². The largest absolute Gasteiger partial charge is 0.420 e. The fourth-order valence-electron chi connectivity index (χ4n) is 2.79. The number of aliphatic hydroxyl groups excluding tert-OH is 1. The van der Waals surface area contributed by atoms with E-state index < -0.39 is 5.76 Å². The van der Waals surface area contributed by atoms with Crippen molar-refractivity contribution < 1.29 is 14.3 Å². The second-order valence-corrected chi connectivity index (χ2v) is 5.76. The Morgan fingerprint density at radius 1 is 1.04 bits per heavy atom. The number of oxazole rings is 1. The van der Waals surface area contributed by atoms with Crippen LogP contribution in [-0.2, 0) is 17.8 Å². The summed E-state index contributed by atoms with van der Waals surface area (Å²) in [5.41, 5.74) is 2.16. The van der Waals surface area contributed by atoms with E-state index in [-0.39, 0.29) is 25.6 Å². The molecule has 0 spiro atoms. The molecule has 0 aliphatic rings. The van der Waals surface area contributed by atoms with Gasteiger partial charge in [-0.25, -0.2) is 4.79 Å². The van der Waals surface area contributed by atoms with Gasteiger partial charge in [-0.3, -0.25) is 9.36 Å². The van der Waals surface area contributed by atoms with Gasteiger partial charge < -0.3 is 14.4 Å². The summed E-state index contributed by atoms with van der Waals surface area (Å²) >= 11 is 0. The molecule has 25 heavy (non-hydrogen) atoms. The minimum Gasteiger partial charge on any atom is -0.408 e. The van der Waals surface area contributed by atoms with Crippen LogP contribution in [-0.4, -0.2) is 40.2 Å². The average Bonchev–Trinajstić information content (AvgIpc) is 2.95. The van der Waals surface area contributed by atoms with Crippen LogP contribution in [0, 0.1) is 0 Å². The van der Waals surface area contributed by atoms with Crippen molar-refractivity contribution >= 4 is 17.0 Å². The number of hydrogen-bond donors (Lipinski definition) is 1. The molecule has 6 nitrogen and oxygen atoms in total. The first-order chi connectivity index (χ1) is 12.2. The summed E-state index contributed by atoms with van der Waals surface area (Å²) < 4.78 is 6.48. The third kappa shape index (κ3) is 3.97. The van der Waals surface area contributed by atoms with Crippen molar-refractivity contribution in [2.75, 3.05) is 19.7 Å². The number of fused-ring (bicyclic) bond motifs is 1. The quantitative estimate of drug-likeness (QED) is 0.710. The van der Waals surface area contributed by atoms with E-state index in [9.17, 15) is 14.7 Å². The molecular formula is C19H20N2O4. The molecule has 0 aliphatic carbocycles. The van der Waals surface area contributed by atoms with Gasteiger partial charge >= 0.3 is 5.76 Å². The number of aliphatic hydroxyl groups is 1. The van der Waals surface area contributed by atoms with E-state index in [1.807, 2.05) is 30.3 Å². The molecule has 0 bridgehead atoms. The van der Waals surface area contributed by atoms with E-state index >= 15 is 0 Å². The van der Waals surface area contributed by atoms with Gasteiger partial charge in [0.15, 0.2) is 5.58 Å². The molecular weight excluding hydrogens is 320 g/mol. The SMILES string of the molecule is O=C(Cn1c(=O)oc2ccccc21)N(CCO)CCc1ccccc1. The summed E-state index contributed by atoms with van der Waals surface area (Å²) in [6.07, 6.45) is 0.688. The van der Waals surface area contributed by atoms with Gasteiger partial charge in [-0.15, -0.1) is 0 Å². The van der Waals surface area contributed by atoms with Crippen LogP contribution in [0.2, 0.25) is 0 Å². The fourth-order valence-corrected chi connectivity index (χ4v) is 2.79. The van der Waals surface area contributed by atoms with Gasteiger partial charge in [0.25, 0.3) is 0 Å². The van der Waals surface area contributed by atoms with Crippen LogP contribution in [0.3, 0.4) is 0 Å². The normalized spacial score (nSPS) is 10.9. The molecule has 0 atom stereocenters. The van der Waals surface area contributed by atoms with Crippen molar-refractivity contribution in [3.05, 3.63) is 70.7 Å². The lowest BCUT2D eigenvalue weighted by Crippen LogP contribution is -2.38. The predicted octanol–water partition coefficient (Wildman–Crippen LogP) is 1.66. The Balaban J connectivity index is 1.74. The van der Waals surface area contributed by atoms with E-state index in [1.165, 1.54) is 4.57 Å². The van der Waals surface area contributed by atoms with Gasteiger partial charge in [0.1, 0.15) is 6.54 Å². The standard InChI is InChI=1S/C19H20N2O4/c22-13-12-20(11-10-15-6-2-1-3-7-15)18(23)14-21-16-8-4-5-9-17(16)25-19(21)24/h1-9,22H,10-14H2. The lowest BCUT2D eigenvalue weighted by molar-refractivity contribution is -0.132. The molecule has 2 aromatic carbocycles. The molecule has 1 N–H and O–H groups in total. The molecule has 1 heterocycles. The number of para-hydroxylation sites is 2. The van der Waals surface area contributed by atoms with Crippen molar-refractivity contribution in [3.8, 4) is 0 Å². The van der Waals surface area contributed by atoms with Crippen LogP contribution in [0.1, 0.15) is 5.56 Å². The van der Waals surface area contributed by atoms with E-state index in [2.05, 4.69) is 0 Å². The van der Waals surface area contributed by atoms with Crippen LogP contribution < -0.4 is 5.76 Å². The molecule has 1 amide bonds. The zero-order chi connectivity index (χ0) is 17.6. The molecule has 3 rings (SSSR count). The smallest absolute Gasteiger partial charge is 0.408 e. The number of nitrogens with zero attached hydrogens (tertiary/aromatic N) is 2. The number of benzene rings is 2. The number of carbonyl (C=O) groups excluding carboxylic acids is 1. The molecule has 0 unspecified atom stereocenters. The molecule has 0 saturated heterocycles. The van der Waals surface area contributed by atoms with Crippen LogP contribution in [0.15, 0.2) is 63.8 Å². The molecule has 130 valence electrons. The Bertz CT molecular complexity index is 898. The lowest BCUT2D eigenvalue weighted by Gasteiger charge is -2.22. The summed E-state index contributed by atoms with van der Waals surface area (Å²) in [4.78, 5) is 26.2. The van der Waals surface area contributed by atoms with Gasteiger partial charge in [-0.05, 0) is 24.1 Å². The molecule has 0 aliphatic heterocycles. The van der Waals surface area contributed by atoms with E-state index in [0.717, 1.165) is 5.56 Å². The Morgan fingerprint density at radius 2 is 1.76 bits per heavy atom. The topological polar surface area (TPSA) is 75.7 Å². The number of rotatable bonds is 7. The van der Waals surface area contributed by atoms with Crippen LogP contribution >= 0.6 is 0 Å². The molecule has 0 fully saturated rings. The van der Waals surface area contributed by atoms with Crippen LogP contribution in [0.5, 0.6) is 0 Å². The number of amides is 1. The Kier molecular flexibility index (Phi) is 5.30. The van der Waals surface area contributed by atoms with Crippen molar-refractivity contribution in [1.82, 2.24) is 9.47 Å². The highest BCUT2D eigenvalue weighted by atomic mass is 16.4. The molecule has 0 radical (unpaired) electrons. The first kappa shape index (κ1) is 17.0. The second-order valence-electron chi connectivity index (χ2n) is 5.76. The maximum Gasteiger partial charge on any atom is 0.420 e. The highest BCUT2D eigenvalue weighted by Gasteiger charge is 2.17. The Morgan fingerprint density at radius 3 is 2.52 bits per heavy atom. The van der Waals surface area contributed by atoms with E-state index in [0.29, 0.717) is 24.1 Å². The number of aromatic nitrogens is 1. The third-order valence-electron chi connectivity index (χ3n) is 4.10. The zero-order valence-corrected chi connectivity index (χ0v) is 13.8. The molecule has 0 saturated carbocycles. The van der Waals surface area contributed by atoms with Crippen molar-refractivity contribution in [3.63, 3.8) is 0 Å². The maximum absolute atomic E-state index is 12.6. The molecule has 1 aromatic heterocycles. The summed E-state index contributed by atoms with van der Waals surface area (Å²) in [6.45, 7) is 0.482. The minimum atomic E-state index is -0.554. The van der Waals surface area contributed by atoms with Crippen LogP contribution in [0.25, 0.3) is 11.1 Å². The summed E-state index contributed by atoms with van der Waals surface area (Å²) in [6, 6.07) is 16.8. The highest BCUT2D eigenvalue weighted by molar-refractivity contribution is 5.79. The summed E-state index contributed by atoms with van der Waals surface area (Å²) in [5.74, 6) is -0.778. The summed E-state index contributed by atoms with van der Waals surface area (Å²) in [7, 11) is 0. The number of hydrogen-bond acceptors (Lipinski definition) is 4. The van der Waals surface area contributed by atoms with Crippen molar-refractivity contribution in [2.45, 2.75) is 13.0 Å². The van der Waals surface area contributed by atoms with Gasteiger partial charge in [0.05, 0.1) is 12.1 Å². The maximum atomic E-state index is 12.6. The van der Waals surface area contributed by atoms with Crippen molar-refractivity contribution in [2.24, 2.45) is 0 Å². The van der Waals surface area contributed by atoms with E-state index in [1.54, 1.807) is 29.2 Å². The summed E-state index contributed by atoms with van der Waals surface area (Å²) in [5, 5.41) is 9.25. The third-order valence-corrected chi connectivity index (χ3v) is 4.10. The fraction of sp³-hybridized carbons (Fsp3) is 0.263. The van der Waals surface area contributed by atoms with Gasteiger partial charge in [-0.2, -0.15) is 0 Å². The minimum absolute atomic E-state index is 0.107. The lowest BCUT2D eigenvalue weighted by atomic mass is 10.1. The molecule has 6 heteroatoms. The first-order valence-corrected chi connectivity index (χ1v) is 8.20. The number of carbonyl (C=O) groups is 1. The first-order valence-electron chi connectivity index (χ1n) is 8.20. The van der Waals surface area contributed by atoms with Crippen molar-refractivity contribution in [1.29, 1.82) is 0 Å². The average molecular weight is 340 g/mol. The monoisotopic (exact) mass is 340 g/mol. The van der Waals surface area contributed by atoms with Gasteiger partial charge in [-0.1, -0.05) is 42.5 Å². The van der Waals surface area contributed by atoms with E-state index in [4.69, 9.17) is 4.42 Å². The van der Waals surface area contributed by atoms with Gasteiger partial charge in [0, 0.05) is 13.1 Å². The van der Waals surface area contributed by atoms with Gasteiger partial charge in [0.2, 0.25) is 5.91 Å². The Hall–Kier alpha value is -2.86. The zero-order valence-electron chi connectivity index (χ0n) is 13.8.